The predicted molar refractivity (Wildman–Crippen MR) is 82.9 cm³/mol. The maximum atomic E-state index is 11.6. The van der Waals surface area contributed by atoms with E-state index in [1.165, 1.54) is 6.07 Å². The van der Waals surface area contributed by atoms with E-state index in [1.54, 1.807) is 12.1 Å². The summed E-state index contributed by atoms with van der Waals surface area (Å²) in [6.07, 6.45) is 0.339. The lowest BCUT2D eigenvalue weighted by Crippen LogP contribution is -2.29. The van der Waals surface area contributed by atoms with E-state index < -0.39 is 17.8 Å². The zero-order chi connectivity index (χ0) is 16.5. The Morgan fingerprint density at radius 3 is 2.73 bits per heavy atom. The zero-order valence-corrected chi connectivity index (χ0v) is 13.3. The Bertz CT molecular complexity index is 830. The van der Waals surface area contributed by atoms with Crippen molar-refractivity contribution in [1.82, 2.24) is 4.98 Å². The van der Waals surface area contributed by atoms with E-state index in [0.717, 1.165) is 0 Å². The second-order valence-electron chi connectivity index (χ2n) is 6.25. The van der Waals surface area contributed by atoms with Gasteiger partial charge in [-0.05, 0) is 24.0 Å². The van der Waals surface area contributed by atoms with Crippen molar-refractivity contribution in [2.75, 3.05) is 0 Å². The van der Waals surface area contributed by atoms with E-state index in [9.17, 15) is 14.7 Å². The van der Waals surface area contributed by atoms with Gasteiger partial charge in [-0.25, -0.2) is 9.59 Å². The number of fused-ring (bicyclic) bond motifs is 1. The van der Waals surface area contributed by atoms with Gasteiger partial charge < -0.3 is 9.52 Å². The lowest BCUT2D eigenvalue weighted by Gasteiger charge is -2.20. The van der Waals surface area contributed by atoms with Gasteiger partial charge in [-0.15, -0.1) is 0 Å². The largest absolute Gasteiger partial charge is 0.480 e. The van der Waals surface area contributed by atoms with Crippen molar-refractivity contribution in [3.63, 3.8) is 0 Å². The molecule has 1 aromatic carbocycles. The van der Waals surface area contributed by atoms with E-state index in [2.05, 4.69) is 9.98 Å². The van der Waals surface area contributed by atoms with Crippen molar-refractivity contribution in [1.29, 1.82) is 0 Å². The maximum Gasteiger partial charge on any atom is 0.418 e. The van der Waals surface area contributed by atoms with Gasteiger partial charge in [0.15, 0.2) is 0 Å². The molecule has 7 heteroatoms. The lowest BCUT2D eigenvalue weighted by atomic mass is 9.88. The monoisotopic (exact) mass is 324 g/mol. The molecule has 0 spiro atoms. The van der Waals surface area contributed by atoms with Crippen LogP contribution in [0.4, 0.5) is 0 Å². The second kappa shape index (κ2) is 5.96. The third-order valence-electron chi connectivity index (χ3n) is 3.00. The van der Waals surface area contributed by atoms with Crippen LogP contribution in [0.1, 0.15) is 27.2 Å². The number of nitrogens with zero attached hydrogens (tertiary/aromatic N) is 1. The molecule has 0 aliphatic rings. The minimum absolute atomic E-state index is 0.180. The number of rotatable bonds is 3. The molecule has 2 rings (SSSR count). The summed E-state index contributed by atoms with van der Waals surface area (Å²) in [5, 5.41) is 10.3. The quantitative estimate of drug-likeness (QED) is 0.907. The van der Waals surface area contributed by atoms with Crippen LogP contribution >= 0.6 is 11.6 Å². The lowest BCUT2D eigenvalue weighted by molar-refractivity contribution is -0.139. The fourth-order valence-corrected chi connectivity index (χ4v) is 2.25. The Morgan fingerprint density at radius 1 is 1.45 bits per heavy atom. The van der Waals surface area contributed by atoms with E-state index in [4.69, 9.17) is 16.0 Å². The summed E-state index contributed by atoms with van der Waals surface area (Å²) in [5.41, 5.74) is 0.222. The minimum atomic E-state index is -1.04. The van der Waals surface area contributed by atoms with Crippen LogP contribution in [0, 0.1) is 5.41 Å². The number of carboxylic acids is 1. The Kier molecular flexibility index (Phi) is 4.42. The average Bonchev–Trinajstić information content (AvgIpc) is 2.35. The summed E-state index contributed by atoms with van der Waals surface area (Å²) in [6, 6.07) is 3.78. The SMILES string of the molecule is CC(C)(C)CC(/N=c1\[nH]c(=O)oc2cc(Cl)ccc12)C(=O)O. The van der Waals surface area contributed by atoms with Gasteiger partial charge in [-0.3, -0.25) is 9.98 Å². The molecule has 0 radical (unpaired) electrons. The molecule has 0 amide bonds. The first-order chi connectivity index (χ1) is 10.2. The van der Waals surface area contributed by atoms with E-state index in [-0.39, 0.29) is 16.5 Å². The number of aromatic nitrogens is 1. The van der Waals surface area contributed by atoms with Crippen LogP contribution in [0.2, 0.25) is 5.02 Å². The minimum Gasteiger partial charge on any atom is -0.480 e. The summed E-state index contributed by atoms with van der Waals surface area (Å²) in [4.78, 5) is 29.7. The number of aliphatic carboxylic acids is 1. The fourth-order valence-electron chi connectivity index (χ4n) is 2.09. The molecule has 0 aliphatic carbocycles. The Morgan fingerprint density at radius 2 is 2.14 bits per heavy atom. The Hall–Kier alpha value is -2.08. The molecule has 6 nitrogen and oxygen atoms in total. The van der Waals surface area contributed by atoms with Crippen molar-refractivity contribution >= 4 is 28.5 Å². The number of H-pyrrole nitrogens is 1. The molecule has 1 heterocycles. The van der Waals surface area contributed by atoms with Crippen molar-refractivity contribution in [3.8, 4) is 0 Å². The van der Waals surface area contributed by atoms with Crippen molar-refractivity contribution in [3.05, 3.63) is 39.3 Å². The van der Waals surface area contributed by atoms with Crippen LogP contribution < -0.4 is 11.2 Å². The summed E-state index contributed by atoms with van der Waals surface area (Å²) < 4.78 is 5.02. The third kappa shape index (κ3) is 3.98. The van der Waals surface area contributed by atoms with Gasteiger partial charge >= 0.3 is 11.7 Å². The van der Waals surface area contributed by atoms with Gasteiger partial charge in [-0.2, -0.15) is 0 Å². The highest BCUT2D eigenvalue weighted by Gasteiger charge is 2.24. The van der Waals surface area contributed by atoms with Crippen LogP contribution in [0.5, 0.6) is 0 Å². The molecule has 0 saturated carbocycles. The molecule has 118 valence electrons. The molecular weight excluding hydrogens is 308 g/mol. The van der Waals surface area contributed by atoms with E-state index in [1.807, 2.05) is 20.8 Å². The van der Waals surface area contributed by atoms with Crippen LogP contribution in [-0.2, 0) is 4.79 Å². The predicted octanol–water partition coefficient (Wildman–Crippen LogP) is 2.56. The maximum absolute atomic E-state index is 11.6. The number of nitrogens with one attached hydrogen (secondary N) is 1. The van der Waals surface area contributed by atoms with Crippen LogP contribution in [0.15, 0.2) is 32.4 Å². The highest BCUT2D eigenvalue weighted by molar-refractivity contribution is 6.31. The first kappa shape index (κ1) is 16.3. The van der Waals surface area contributed by atoms with Crippen LogP contribution in [0.25, 0.3) is 11.0 Å². The normalized spacial score (nSPS) is 14.3. The van der Waals surface area contributed by atoms with Crippen molar-refractivity contribution < 1.29 is 14.3 Å². The topological polar surface area (TPSA) is 95.7 Å². The fraction of sp³-hybridized carbons (Fsp3) is 0.400. The van der Waals surface area contributed by atoms with E-state index in [0.29, 0.717) is 16.8 Å². The first-order valence-corrected chi connectivity index (χ1v) is 7.13. The molecule has 1 aromatic heterocycles. The zero-order valence-electron chi connectivity index (χ0n) is 12.5. The number of halogens is 1. The number of aromatic amines is 1. The summed E-state index contributed by atoms with van der Waals surface area (Å²) in [5.74, 6) is -1.76. The number of benzene rings is 1. The molecule has 2 N–H and O–H groups in total. The van der Waals surface area contributed by atoms with Gasteiger partial charge in [-0.1, -0.05) is 32.4 Å². The number of hydrogen-bond acceptors (Lipinski definition) is 4. The first-order valence-electron chi connectivity index (χ1n) is 6.75. The highest BCUT2D eigenvalue weighted by Crippen LogP contribution is 2.22. The number of carbonyl (C=O) groups is 1. The molecule has 0 saturated heterocycles. The Labute approximate surface area is 131 Å². The summed E-state index contributed by atoms with van der Waals surface area (Å²) >= 11 is 5.87. The second-order valence-corrected chi connectivity index (χ2v) is 6.69. The molecule has 1 unspecified atom stereocenters. The van der Waals surface area contributed by atoms with Gasteiger partial charge in [0.1, 0.15) is 17.1 Å². The average molecular weight is 325 g/mol. The molecular formula is C15H17ClN2O4. The van der Waals surface area contributed by atoms with Crippen molar-refractivity contribution in [2.45, 2.75) is 33.2 Å². The molecule has 2 aromatic rings. The number of hydrogen-bond donors (Lipinski definition) is 2. The number of carboxylic acid groups (broad SMARTS) is 1. The molecule has 0 fully saturated rings. The van der Waals surface area contributed by atoms with E-state index >= 15 is 0 Å². The van der Waals surface area contributed by atoms with Gasteiger partial charge in [0, 0.05) is 11.1 Å². The molecule has 0 aliphatic heterocycles. The van der Waals surface area contributed by atoms with Gasteiger partial charge in [0.2, 0.25) is 0 Å². The highest BCUT2D eigenvalue weighted by atomic mass is 35.5. The standard InChI is InChI=1S/C15H17ClN2O4/c1-15(2,3)7-10(13(19)20)17-12-9-5-4-8(16)6-11(9)22-14(21)18-12/h4-6,10H,7H2,1-3H3,(H,19,20)(H,17,18,21). The van der Waals surface area contributed by atoms with Crippen LogP contribution in [0.3, 0.4) is 0 Å². The molecule has 1 atom stereocenters. The summed E-state index contributed by atoms with van der Waals surface area (Å²) in [7, 11) is 0. The molecule has 22 heavy (non-hydrogen) atoms. The third-order valence-corrected chi connectivity index (χ3v) is 3.23. The Balaban J connectivity index is 2.65. The van der Waals surface area contributed by atoms with Gasteiger partial charge in [0.25, 0.3) is 0 Å². The van der Waals surface area contributed by atoms with Crippen LogP contribution in [-0.4, -0.2) is 22.1 Å². The van der Waals surface area contributed by atoms with Gasteiger partial charge in [0.05, 0.1) is 5.39 Å². The van der Waals surface area contributed by atoms with Crippen molar-refractivity contribution in [2.24, 2.45) is 10.4 Å². The summed E-state index contributed by atoms with van der Waals surface area (Å²) in [6.45, 7) is 5.79. The smallest absolute Gasteiger partial charge is 0.418 e. The molecule has 0 bridgehead atoms.